The minimum Gasteiger partial charge on any atom is -0.383 e. The molecule has 6 heteroatoms. The number of pyridine rings is 1. The number of aliphatic imine (C=N–C) groups is 1. The number of nitrogen functional groups attached to an aromatic ring is 1. The lowest BCUT2D eigenvalue weighted by atomic mass is 9.85. The van der Waals surface area contributed by atoms with Crippen molar-refractivity contribution in [3.05, 3.63) is 41.8 Å². The van der Waals surface area contributed by atoms with Crippen LogP contribution in [-0.4, -0.2) is 17.0 Å². The van der Waals surface area contributed by atoms with Crippen LogP contribution in [0.5, 0.6) is 0 Å². The van der Waals surface area contributed by atoms with Gasteiger partial charge in [0.1, 0.15) is 11.6 Å². The second-order valence-electron chi connectivity index (χ2n) is 6.75. The molecule has 1 aromatic heterocycles. The average Bonchev–Trinajstić information content (AvgIpc) is 2.48. The van der Waals surface area contributed by atoms with Gasteiger partial charge in [-0.2, -0.15) is 0 Å². The Morgan fingerprint density at radius 1 is 1.17 bits per heavy atom. The fourth-order valence-corrected chi connectivity index (χ4v) is 2.43. The van der Waals surface area contributed by atoms with Crippen molar-refractivity contribution in [2.75, 3.05) is 11.1 Å². The SMILES string of the molecule is CC(C)(C)C1(N)N=Cc2c(N)ncc(-c3ccc(F)cc3)c2N1. The summed E-state index contributed by atoms with van der Waals surface area (Å²) in [6, 6.07) is 6.22. The maximum atomic E-state index is 13.2. The van der Waals surface area contributed by atoms with Crippen molar-refractivity contribution in [3.8, 4) is 11.1 Å². The first-order chi connectivity index (χ1) is 10.7. The van der Waals surface area contributed by atoms with Gasteiger partial charge in [-0.15, -0.1) is 0 Å². The highest BCUT2D eigenvalue weighted by atomic mass is 19.1. The summed E-state index contributed by atoms with van der Waals surface area (Å²) in [5.41, 5.74) is 15.2. The molecule has 1 aliphatic rings. The fraction of sp³-hybridized carbons (Fsp3) is 0.294. The smallest absolute Gasteiger partial charge is 0.187 e. The van der Waals surface area contributed by atoms with Crippen LogP contribution in [-0.2, 0) is 0 Å². The molecule has 0 saturated heterocycles. The van der Waals surface area contributed by atoms with Crippen molar-refractivity contribution < 1.29 is 4.39 Å². The van der Waals surface area contributed by atoms with Crippen molar-refractivity contribution in [3.63, 3.8) is 0 Å². The van der Waals surface area contributed by atoms with Gasteiger partial charge in [-0.1, -0.05) is 32.9 Å². The van der Waals surface area contributed by atoms with Crippen LogP contribution in [0.2, 0.25) is 0 Å². The number of fused-ring (bicyclic) bond motifs is 1. The number of nitrogens with one attached hydrogen (secondary N) is 1. The Bertz CT molecular complexity index is 777. The molecule has 1 unspecified atom stereocenters. The summed E-state index contributed by atoms with van der Waals surface area (Å²) < 4.78 is 13.2. The minimum atomic E-state index is -0.970. The van der Waals surface area contributed by atoms with Crippen LogP contribution < -0.4 is 16.8 Å². The molecule has 120 valence electrons. The monoisotopic (exact) mass is 313 g/mol. The highest BCUT2D eigenvalue weighted by Crippen LogP contribution is 2.40. The Hall–Kier alpha value is -2.47. The third-order valence-corrected chi connectivity index (χ3v) is 4.16. The van der Waals surface area contributed by atoms with E-state index >= 15 is 0 Å². The predicted octanol–water partition coefficient (Wildman–Crippen LogP) is 2.97. The van der Waals surface area contributed by atoms with Crippen LogP contribution in [0.15, 0.2) is 35.5 Å². The Morgan fingerprint density at radius 2 is 1.83 bits per heavy atom. The van der Waals surface area contributed by atoms with Gasteiger partial charge in [-0.3, -0.25) is 5.73 Å². The molecule has 5 nitrogen and oxygen atoms in total. The third-order valence-electron chi connectivity index (χ3n) is 4.16. The number of hydrogen-bond acceptors (Lipinski definition) is 5. The van der Waals surface area contributed by atoms with Crippen LogP contribution in [0.1, 0.15) is 26.3 Å². The lowest BCUT2D eigenvalue weighted by Crippen LogP contribution is -2.57. The topological polar surface area (TPSA) is 89.3 Å². The van der Waals surface area contributed by atoms with Crippen LogP contribution in [0.3, 0.4) is 0 Å². The van der Waals surface area contributed by atoms with Crippen LogP contribution in [0, 0.1) is 11.2 Å². The van der Waals surface area contributed by atoms with Crippen molar-refractivity contribution in [2.24, 2.45) is 16.1 Å². The van der Waals surface area contributed by atoms with Crippen molar-refractivity contribution >= 4 is 17.7 Å². The molecule has 1 atom stereocenters. The highest BCUT2D eigenvalue weighted by Gasteiger charge is 2.41. The first-order valence-corrected chi connectivity index (χ1v) is 7.38. The Balaban J connectivity index is 2.17. The molecule has 1 aliphatic heterocycles. The zero-order chi connectivity index (χ0) is 16.8. The van der Waals surface area contributed by atoms with Gasteiger partial charge in [0, 0.05) is 23.4 Å². The van der Waals surface area contributed by atoms with Crippen molar-refractivity contribution in [1.82, 2.24) is 4.98 Å². The Morgan fingerprint density at radius 3 is 2.43 bits per heavy atom. The predicted molar refractivity (Wildman–Crippen MR) is 91.6 cm³/mol. The molecule has 0 aliphatic carbocycles. The van der Waals surface area contributed by atoms with Gasteiger partial charge < -0.3 is 11.1 Å². The molecule has 0 bridgehead atoms. The van der Waals surface area contributed by atoms with Crippen LogP contribution in [0.4, 0.5) is 15.9 Å². The van der Waals surface area contributed by atoms with Crippen LogP contribution in [0.25, 0.3) is 11.1 Å². The number of hydrogen-bond donors (Lipinski definition) is 3. The van der Waals surface area contributed by atoms with E-state index < -0.39 is 5.79 Å². The summed E-state index contributed by atoms with van der Waals surface area (Å²) in [5.74, 6) is -0.885. The molecular formula is C17H20FN5. The highest BCUT2D eigenvalue weighted by molar-refractivity contribution is 6.00. The van der Waals surface area contributed by atoms with E-state index in [1.54, 1.807) is 24.5 Å². The standard InChI is InChI=1S/C17H20FN5/c1-16(2,3)17(20)22-9-13-14(23-17)12(8-21-15(13)19)10-4-6-11(18)7-5-10/h4-9,23H,20H2,1-3H3,(H2,19,21). The molecule has 3 rings (SSSR count). The number of anilines is 2. The maximum absolute atomic E-state index is 13.2. The summed E-state index contributed by atoms with van der Waals surface area (Å²) in [5, 5.41) is 3.30. The van der Waals surface area contributed by atoms with E-state index in [4.69, 9.17) is 11.5 Å². The van der Waals surface area contributed by atoms with Gasteiger partial charge in [-0.05, 0) is 17.7 Å². The number of rotatable bonds is 1. The first kappa shape index (κ1) is 15.4. The molecule has 0 radical (unpaired) electrons. The van der Waals surface area contributed by atoms with Crippen LogP contribution >= 0.6 is 0 Å². The zero-order valence-corrected chi connectivity index (χ0v) is 13.4. The quantitative estimate of drug-likeness (QED) is 0.755. The van der Waals surface area contributed by atoms with Gasteiger partial charge in [-0.25, -0.2) is 14.4 Å². The molecule has 2 aromatic rings. The van der Waals surface area contributed by atoms with Gasteiger partial charge in [0.15, 0.2) is 5.79 Å². The van der Waals surface area contributed by atoms with E-state index in [1.165, 1.54) is 12.1 Å². The second-order valence-corrected chi connectivity index (χ2v) is 6.75. The Kier molecular flexibility index (Phi) is 3.37. The van der Waals surface area contributed by atoms with E-state index in [2.05, 4.69) is 15.3 Å². The van der Waals surface area contributed by atoms with E-state index in [9.17, 15) is 4.39 Å². The number of nitrogens with zero attached hydrogens (tertiary/aromatic N) is 2. The maximum Gasteiger partial charge on any atom is 0.187 e. The largest absolute Gasteiger partial charge is 0.383 e. The molecule has 0 fully saturated rings. The number of halogens is 1. The summed E-state index contributed by atoms with van der Waals surface area (Å²) in [4.78, 5) is 8.66. The summed E-state index contributed by atoms with van der Waals surface area (Å²) in [6.45, 7) is 6.01. The minimum absolute atomic E-state index is 0.289. The summed E-state index contributed by atoms with van der Waals surface area (Å²) in [6.07, 6.45) is 3.32. The summed E-state index contributed by atoms with van der Waals surface area (Å²) in [7, 11) is 0. The molecule has 1 aromatic carbocycles. The number of aromatic nitrogens is 1. The fourth-order valence-electron chi connectivity index (χ4n) is 2.43. The molecule has 5 N–H and O–H groups in total. The van der Waals surface area contributed by atoms with E-state index in [0.29, 0.717) is 11.4 Å². The van der Waals surface area contributed by atoms with Gasteiger partial charge in [0.25, 0.3) is 0 Å². The Labute approximate surface area is 134 Å². The molecule has 0 amide bonds. The van der Waals surface area contributed by atoms with E-state index in [1.807, 2.05) is 20.8 Å². The van der Waals surface area contributed by atoms with E-state index in [0.717, 1.165) is 16.8 Å². The molecule has 23 heavy (non-hydrogen) atoms. The molecule has 0 saturated carbocycles. The molecular weight excluding hydrogens is 293 g/mol. The number of nitrogens with two attached hydrogens (primary N) is 2. The lowest BCUT2D eigenvalue weighted by molar-refractivity contribution is 0.228. The van der Waals surface area contributed by atoms with E-state index in [-0.39, 0.29) is 11.2 Å². The molecule has 2 heterocycles. The molecule has 0 spiro atoms. The lowest BCUT2D eigenvalue weighted by Gasteiger charge is -2.42. The first-order valence-electron chi connectivity index (χ1n) is 7.38. The second kappa shape index (κ2) is 5.03. The van der Waals surface area contributed by atoms with Gasteiger partial charge in [0.2, 0.25) is 0 Å². The van der Waals surface area contributed by atoms with Gasteiger partial charge in [0.05, 0.1) is 11.3 Å². The average molecular weight is 313 g/mol. The normalized spacial score (nSPS) is 20.0. The van der Waals surface area contributed by atoms with Crippen molar-refractivity contribution in [1.29, 1.82) is 0 Å². The summed E-state index contributed by atoms with van der Waals surface area (Å²) >= 11 is 0. The van der Waals surface area contributed by atoms with Crippen molar-refractivity contribution in [2.45, 2.75) is 26.6 Å². The number of benzene rings is 1. The zero-order valence-electron chi connectivity index (χ0n) is 13.4. The third kappa shape index (κ3) is 2.55. The van der Waals surface area contributed by atoms with Gasteiger partial charge >= 0.3 is 0 Å².